The number of benzene rings is 1. The van der Waals surface area contributed by atoms with E-state index in [1.165, 1.54) is 15.3 Å². The topological polar surface area (TPSA) is 21.3 Å². The van der Waals surface area contributed by atoms with Crippen LogP contribution >= 0.6 is 27.3 Å². The van der Waals surface area contributed by atoms with Crippen molar-refractivity contribution in [3.63, 3.8) is 0 Å². The second-order valence-corrected chi connectivity index (χ2v) is 7.50. The fourth-order valence-electron chi connectivity index (χ4n) is 2.69. The van der Waals surface area contributed by atoms with Crippen LogP contribution in [0.4, 0.5) is 0 Å². The van der Waals surface area contributed by atoms with Gasteiger partial charge in [0.1, 0.15) is 5.75 Å². The number of ether oxygens (including phenoxy) is 1. The number of hydrogen-bond acceptors (Lipinski definition) is 3. The molecule has 2 nitrogen and oxygen atoms in total. The van der Waals surface area contributed by atoms with Gasteiger partial charge in [0, 0.05) is 32.4 Å². The van der Waals surface area contributed by atoms with Crippen molar-refractivity contribution < 1.29 is 4.74 Å². The molecule has 2 heterocycles. The van der Waals surface area contributed by atoms with E-state index in [4.69, 9.17) is 4.74 Å². The third-order valence-corrected chi connectivity index (χ3v) is 5.56. The third kappa shape index (κ3) is 3.68. The molecule has 1 atom stereocenters. The molecule has 1 unspecified atom stereocenters. The molecule has 21 heavy (non-hydrogen) atoms. The molecule has 0 spiro atoms. The smallest absolute Gasteiger partial charge is 0.125 e. The van der Waals surface area contributed by atoms with Crippen molar-refractivity contribution in [2.75, 3.05) is 6.61 Å². The first-order valence-corrected chi connectivity index (χ1v) is 9.10. The lowest BCUT2D eigenvalue weighted by atomic mass is 10.0. The first-order chi connectivity index (χ1) is 10.3. The minimum absolute atomic E-state index is 0.378. The normalized spacial score (nSPS) is 17.9. The van der Waals surface area contributed by atoms with Crippen LogP contribution in [0.1, 0.15) is 41.1 Å². The summed E-state index contributed by atoms with van der Waals surface area (Å²) in [6.07, 6.45) is 3.34. The maximum Gasteiger partial charge on any atom is 0.125 e. The van der Waals surface area contributed by atoms with Gasteiger partial charge >= 0.3 is 0 Å². The SMILES string of the molecule is CCc1ccc(CNC2CCCOc3cc(Br)ccc32)s1. The van der Waals surface area contributed by atoms with Crippen molar-refractivity contribution in [3.8, 4) is 5.75 Å². The number of thiophene rings is 1. The van der Waals surface area contributed by atoms with Gasteiger partial charge in [-0.2, -0.15) is 0 Å². The Morgan fingerprint density at radius 1 is 1.29 bits per heavy atom. The zero-order valence-electron chi connectivity index (χ0n) is 12.2. The van der Waals surface area contributed by atoms with Crippen molar-refractivity contribution in [3.05, 3.63) is 50.1 Å². The van der Waals surface area contributed by atoms with E-state index in [1.54, 1.807) is 0 Å². The molecular weight excluding hydrogens is 346 g/mol. The Morgan fingerprint density at radius 2 is 2.14 bits per heavy atom. The van der Waals surface area contributed by atoms with E-state index in [0.29, 0.717) is 6.04 Å². The van der Waals surface area contributed by atoms with E-state index in [0.717, 1.165) is 42.6 Å². The molecule has 3 rings (SSSR count). The Bertz CT molecular complexity index is 611. The first kappa shape index (κ1) is 15.1. The van der Waals surface area contributed by atoms with Crippen molar-refractivity contribution >= 4 is 27.3 Å². The number of rotatable bonds is 4. The molecule has 0 saturated heterocycles. The first-order valence-electron chi connectivity index (χ1n) is 7.49. The second-order valence-electron chi connectivity index (χ2n) is 5.33. The number of hydrogen-bond donors (Lipinski definition) is 1. The Hall–Kier alpha value is -0.840. The maximum atomic E-state index is 5.87. The molecule has 0 amide bonds. The highest BCUT2D eigenvalue weighted by atomic mass is 79.9. The molecule has 0 bridgehead atoms. The number of nitrogens with one attached hydrogen (secondary N) is 1. The van der Waals surface area contributed by atoms with Crippen LogP contribution in [-0.2, 0) is 13.0 Å². The van der Waals surface area contributed by atoms with Crippen molar-refractivity contribution in [1.29, 1.82) is 0 Å². The molecule has 2 aromatic rings. The zero-order chi connectivity index (χ0) is 14.7. The summed E-state index contributed by atoms with van der Waals surface area (Å²) in [5.41, 5.74) is 1.28. The molecule has 1 aliphatic heterocycles. The second kappa shape index (κ2) is 6.95. The maximum absolute atomic E-state index is 5.87. The van der Waals surface area contributed by atoms with Gasteiger partial charge in [-0.1, -0.05) is 28.9 Å². The zero-order valence-corrected chi connectivity index (χ0v) is 14.6. The van der Waals surface area contributed by atoms with Gasteiger partial charge in [0.15, 0.2) is 0 Å². The highest BCUT2D eigenvalue weighted by Gasteiger charge is 2.19. The van der Waals surface area contributed by atoms with Crippen LogP contribution in [0.3, 0.4) is 0 Å². The van der Waals surface area contributed by atoms with Crippen LogP contribution in [0.15, 0.2) is 34.8 Å². The molecule has 1 aromatic heterocycles. The minimum Gasteiger partial charge on any atom is -0.493 e. The molecule has 0 fully saturated rings. The molecule has 1 aromatic carbocycles. The van der Waals surface area contributed by atoms with Crippen LogP contribution in [0.5, 0.6) is 5.75 Å². The molecule has 1 aliphatic rings. The average molecular weight is 366 g/mol. The summed E-state index contributed by atoms with van der Waals surface area (Å²) in [7, 11) is 0. The van der Waals surface area contributed by atoms with Crippen LogP contribution in [-0.4, -0.2) is 6.61 Å². The predicted molar refractivity (Wildman–Crippen MR) is 92.1 cm³/mol. The van der Waals surface area contributed by atoms with Crippen LogP contribution in [0.2, 0.25) is 0 Å². The Balaban J connectivity index is 1.73. The molecule has 1 N–H and O–H groups in total. The van der Waals surface area contributed by atoms with Gasteiger partial charge in [-0.25, -0.2) is 0 Å². The van der Waals surface area contributed by atoms with E-state index in [2.05, 4.69) is 58.5 Å². The van der Waals surface area contributed by atoms with E-state index < -0.39 is 0 Å². The minimum atomic E-state index is 0.378. The van der Waals surface area contributed by atoms with Crippen LogP contribution in [0.25, 0.3) is 0 Å². The van der Waals surface area contributed by atoms with Gasteiger partial charge in [0.25, 0.3) is 0 Å². The number of halogens is 1. The number of aryl methyl sites for hydroxylation is 1. The van der Waals surface area contributed by atoms with Gasteiger partial charge in [-0.05, 0) is 43.5 Å². The molecule has 112 valence electrons. The monoisotopic (exact) mass is 365 g/mol. The predicted octanol–water partition coefficient (Wildman–Crippen LogP) is 5.08. The Morgan fingerprint density at radius 3 is 2.95 bits per heavy atom. The van der Waals surface area contributed by atoms with Gasteiger partial charge in [0.2, 0.25) is 0 Å². The molecule has 4 heteroatoms. The molecule has 0 aliphatic carbocycles. The van der Waals surface area contributed by atoms with Crippen LogP contribution < -0.4 is 10.1 Å². The summed E-state index contributed by atoms with van der Waals surface area (Å²) < 4.78 is 6.94. The van der Waals surface area contributed by atoms with Crippen LogP contribution in [0, 0.1) is 0 Å². The molecule has 0 radical (unpaired) electrons. The summed E-state index contributed by atoms with van der Waals surface area (Å²) in [4.78, 5) is 2.87. The summed E-state index contributed by atoms with van der Waals surface area (Å²) in [6.45, 7) is 3.95. The summed E-state index contributed by atoms with van der Waals surface area (Å²) >= 11 is 5.43. The van der Waals surface area contributed by atoms with Gasteiger partial charge in [-0.15, -0.1) is 11.3 Å². The Kier molecular flexibility index (Phi) is 4.99. The summed E-state index contributed by atoms with van der Waals surface area (Å²) in [6, 6.07) is 11.2. The van der Waals surface area contributed by atoms with Crippen molar-refractivity contribution in [2.24, 2.45) is 0 Å². The lowest BCUT2D eigenvalue weighted by Crippen LogP contribution is -2.20. The van der Waals surface area contributed by atoms with E-state index >= 15 is 0 Å². The van der Waals surface area contributed by atoms with E-state index in [1.807, 2.05) is 11.3 Å². The largest absolute Gasteiger partial charge is 0.493 e. The molecule has 0 saturated carbocycles. The fourth-order valence-corrected chi connectivity index (χ4v) is 3.94. The van der Waals surface area contributed by atoms with Crippen molar-refractivity contribution in [2.45, 2.75) is 38.8 Å². The Labute approximate surface area is 138 Å². The average Bonchev–Trinajstić information content (AvgIpc) is 2.86. The number of fused-ring (bicyclic) bond motifs is 1. The third-order valence-electron chi connectivity index (χ3n) is 3.83. The lowest BCUT2D eigenvalue weighted by Gasteiger charge is -2.18. The highest BCUT2D eigenvalue weighted by molar-refractivity contribution is 9.10. The standard InChI is InChI=1S/C17H20BrNOS/c1-2-13-6-7-14(21-13)11-19-16-4-3-9-20-17-10-12(18)5-8-15(16)17/h5-8,10,16,19H,2-4,9,11H2,1H3. The van der Waals surface area contributed by atoms with Gasteiger partial charge < -0.3 is 10.1 Å². The van der Waals surface area contributed by atoms with Gasteiger partial charge in [-0.3, -0.25) is 0 Å². The van der Waals surface area contributed by atoms with Gasteiger partial charge in [0.05, 0.1) is 6.61 Å². The summed E-state index contributed by atoms with van der Waals surface area (Å²) in [5, 5.41) is 3.71. The molecular formula is C17H20BrNOS. The quantitative estimate of drug-likeness (QED) is 0.815. The summed E-state index contributed by atoms with van der Waals surface area (Å²) in [5.74, 6) is 1.01. The fraction of sp³-hybridized carbons (Fsp3) is 0.412. The van der Waals surface area contributed by atoms with Crippen molar-refractivity contribution in [1.82, 2.24) is 5.32 Å². The highest BCUT2D eigenvalue weighted by Crippen LogP contribution is 2.34. The lowest BCUT2D eigenvalue weighted by molar-refractivity contribution is 0.315. The van der Waals surface area contributed by atoms with E-state index in [-0.39, 0.29) is 0 Å². The van der Waals surface area contributed by atoms with E-state index in [9.17, 15) is 0 Å².